The fourth-order valence-electron chi connectivity index (χ4n) is 2.11. The average molecular weight is 310 g/mol. The summed E-state index contributed by atoms with van der Waals surface area (Å²) in [6, 6.07) is 23.5. The molecule has 0 aliphatic carbocycles. The molecule has 0 aromatic heterocycles. The summed E-state index contributed by atoms with van der Waals surface area (Å²) >= 11 is 0. The van der Waals surface area contributed by atoms with Crippen molar-refractivity contribution in [1.29, 1.82) is 0 Å². The van der Waals surface area contributed by atoms with E-state index >= 15 is 0 Å². The second-order valence-electron chi connectivity index (χ2n) is 4.83. The summed E-state index contributed by atoms with van der Waals surface area (Å²) in [5.74, 6) is 0.843. The molecule has 3 aromatic carbocycles. The van der Waals surface area contributed by atoms with Gasteiger partial charge in [0.25, 0.3) is 8.03 Å². The van der Waals surface area contributed by atoms with Gasteiger partial charge in [-0.2, -0.15) is 0 Å². The first-order chi connectivity index (χ1) is 10.7. The molecule has 0 saturated heterocycles. The summed E-state index contributed by atoms with van der Waals surface area (Å²) in [4.78, 5) is 0. The second kappa shape index (κ2) is 6.50. The van der Waals surface area contributed by atoms with Gasteiger partial charge in [0.2, 0.25) is 0 Å². The van der Waals surface area contributed by atoms with Crippen LogP contribution >= 0.6 is 8.03 Å². The molecule has 0 fully saturated rings. The van der Waals surface area contributed by atoms with E-state index in [4.69, 9.17) is 4.52 Å². The van der Waals surface area contributed by atoms with E-state index in [-0.39, 0.29) is 5.75 Å². The molecule has 4 heteroatoms. The van der Waals surface area contributed by atoms with Crippen LogP contribution in [0.1, 0.15) is 0 Å². The van der Waals surface area contributed by atoms with Crippen LogP contribution in [0.3, 0.4) is 0 Å². The number of phenolic OH excluding ortho intramolecular Hbond substituents is 1. The first-order valence-electron chi connectivity index (χ1n) is 6.89. The van der Waals surface area contributed by atoms with E-state index in [9.17, 15) is 9.67 Å². The van der Waals surface area contributed by atoms with Crippen molar-refractivity contribution < 1.29 is 14.2 Å². The predicted octanol–water partition coefficient (Wildman–Crippen LogP) is 4.24. The summed E-state index contributed by atoms with van der Waals surface area (Å²) in [5, 5.41) is 9.98. The van der Waals surface area contributed by atoms with E-state index in [2.05, 4.69) is 0 Å². The smallest absolute Gasteiger partial charge is 0.265 e. The Balaban J connectivity index is 1.76. The molecule has 0 saturated carbocycles. The molecule has 0 spiro atoms. The molecule has 110 valence electrons. The van der Waals surface area contributed by atoms with Gasteiger partial charge < -0.3 is 9.63 Å². The normalized spacial score (nSPS) is 11.8. The Kier molecular flexibility index (Phi) is 4.27. The van der Waals surface area contributed by atoms with Gasteiger partial charge in [0.1, 0.15) is 11.5 Å². The summed E-state index contributed by atoms with van der Waals surface area (Å²) in [6.45, 7) is 0. The number of hydrogen-bond donors (Lipinski definition) is 1. The highest BCUT2D eigenvalue weighted by molar-refractivity contribution is 7.48. The van der Waals surface area contributed by atoms with Crippen molar-refractivity contribution in [3.8, 4) is 22.6 Å². The average Bonchev–Trinajstić information content (AvgIpc) is 2.57. The van der Waals surface area contributed by atoms with E-state index in [1.807, 2.05) is 54.6 Å². The topological polar surface area (TPSA) is 46.5 Å². The minimum Gasteiger partial charge on any atom is -0.508 e. The van der Waals surface area contributed by atoms with Crippen LogP contribution in [0.15, 0.2) is 78.9 Å². The molecular weight excluding hydrogens is 295 g/mol. The lowest BCUT2D eigenvalue weighted by Gasteiger charge is -2.07. The van der Waals surface area contributed by atoms with E-state index in [1.165, 1.54) is 0 Å². The van der Waals surface area contributed by atoms with E-state index in [1.54, 1.807) is 24.3 Å². The quantitative estimate of drug-likeness (QED) is 0.733. The molecule has 0 aliphatic heterocycles. The Morgan fingerprint density at radius 1 is 0.727 bits per heavy atom. The maximum absolute atomic E-state index is 12.2. The Morgan fingerprint density at radius 3 is 1.86 bits per heavy atom. The lowest BCUT2D eigenvalue weighted by molar-refractivity contribution is 0.475. The van der Waals surface area contributed by atoms with Gasteiger partial charge in [-0.05, 0) is 47.5 Å². The minimum absolute atomic E-state index is 0.238. The third-order valence-electron chi connectivity index (χ3n) is 3.27. The van der Waals surface area contributed by atoms with Crippen molar-refractivity contribution in [2.45, 2.75) is 0 Å². The van der Waals surface area contributed by atoms with Crippen molar-refractivity contribution in [3.05, 3.63) is 78.9 Å². The Bertz CT molecular complexity index is 766. The van der Waals surface area contributed by atoms with Crippen LogP contribution in [0, 0.1) is 0 Å². The molecule has 1 unspecified atom stereocenters. The van der Waals surface area contributed by atoms with Gasteiger partial charge in [-0.1, -0.05) is 42.5 Å². The highest BCUT2D eigenvalue weighted by Crippen LogP contribution is 2.27. The van der Waals surface area contributed by atoms with Gasteiger partial charge in [-0.15, -0.1) is 0 Å². The second-order valence-corrected chi connectivity index (χ2v) is 6.18. The van der Waals surface area contributed by atoms with Crippen molar-refractivity contribution in [3.63, 3.8) is 0 Å². The van der Waals surface area contributed by atoms with Crippen LogP contribution in [-0.4, -0.2) is 5.11 Å². The minimum atomic E-state index is -2.31. The number of para-hydroxylation sites is 1. The first kappa shape index (κ1) is 14.4. The van der Waals surface area contributed by atoms with E-state index in [0.717, 1.165) is 11.1 Å². The lowest BCUT2D eigenvalue weighted by Crippen LogP contribution is -1.99. The van der Waals surface area contributed by atoms with Gasteiger partial charge >= 0.3 is 0 Å². The molecule has 0 amide bonds. The zero-order valence-corrected chi connectivity index (χ0v) is 12.8. The summed E-state index contributed by atoms with van der Waals surface area (Å²) in [5.41, 5.74) is 1.99. The number of phenols is 1. The summed E-state index contributed by atoms with van der Waals surface area (Å²) < 4.78 is 17.7. The fourth-order valence-corrected chi connectivity index (χ4v) is 3.01. The van der Waals surface area contributed by atoms with Crippen molar-refractivity contribution in [2.75, 3.05) is 0 Å². The van der Waals surface area contributed by atoms with Crippen LogP contribution in [0.4, 0.5) is 0 Å². The SMILES string of the molecule is O=[PH](Oc1ccccc1)c1ccc(-c2ccc(O)cc2)cc1. The van der Waals surface area contributed by atoms with Crippen LogP contribution in [0.25, 0.3) is 11.1 Å². The van der Waals surface area contributed by atoms with Crippen LogP contribution in [-0.2, 0) is 4.57 Å². The molecule has 1 atom stereocenters. The highest BCUT2D eigenvalue weighted by Gasteiger charge is 2.06. The number of rotatable bonds is 4. The number of aromatic hydroxyl groups is 1. The molecule has 0 aliphatic rings. The molecule has 0 heterocycles. The molecule has 0 radical (unpaired) electrons. The standard InChI is InChI=1S/C18H15O3P/c19-16-10-6-14(7-11-16)15-8-12-18(13-9-15)22(20)21-17-4-2-1-3-5-17/h1-13,19,22H. The molecule has 22 heavy (non-hydrogen) atoms. The van der Waals surface area contributed by atoms with Gasteiger partial charge in [0.15, 0.2) is 0 Å². The monoisotopic (exact) mass is 310 g/mol. The third kappa shape index (κ3) is 3.38. The zero-order valence-electron chi connectivity index (χ0n) is 11.8. The molecule has 3 rings (SSSR count). The number of benzene rings is 3. The van der Waals surface area contributed by atoms with E-state index in [0.29, 0.717) is 11.1 Å². The molecule has 1 N–H and O–H groups in total. The Labute approximate surface area is 129 Å². The van der Waals surface area contributed by atoms with Crippen molar-refractivity contribution in [1.82, 2.24) is 0 Å². The maximum atomic E-state index is 12.2. The maximum Gasteiger partial charge on any atom is 0.265 e. The van der Waals surface area contributed by atoms with Gasteiger partial charge in [0.05, 0.1) is 0 Å². The highest BCUT2D eigenvalue weighted by atomic mass is 31.1. The van der Waals surface area contributed by atoms with E-state index < -0.39 is 8.03 Å². The summed E-state index contributed by atoms with van der Waals surface area (Å²) in [6.07, 6.45) is 0. The Hall–Kier alpha value is -2.51. The molecule has 3 nitrogen and oxygen atoms in total. The third-order valence-corrected chi connectivity index (χ3v) is 4.50. The molecular formula is C18H15O3P. The van der Waals surface area contributed by atoms with Gasteiger partial charge in [0, 0.05) is 5.30 Å². The van der Waals surface area contributed by atoms with Crippen LogP contribution in [0.2, 0.25) is 0 Å². The van der Waals surface area contributed by atoms with Crippen LogP contribution < -0.4 is 9.83 Å². The first-order valence-corrected chi connectivity index (χ1v) is 8.21. The molecule has 0 bridgehead atoms. The van der Waals surface area contributed by atoms with Crippen molar-refractivity contribution in [2.24, 2.45) is 0 Å². The summed E-state index contributed by atoms with van der Waals surface area (Å²) in [7, 11) is -2.31. The number of hydrogen-bond acceptors (Lipinski definition) is 3. The van der Waals surface area contributed by atoms with Crippen molar-refractivity contribution >= 4 is 13.3 Å². The largest absolute Gasteiger partial charge is 0.508 e. The fraction of sp³-hybridized carbons (Fsp3) is 0. The molecule has 3 aromatic rings. The Morgan fingerprint density at radius 2 is 1.27 bits per heavy atom. The van der Waals surface area contributed by atoms with Crippen LogP contribution in [0.5, 0.6) is 11.5 Å². The predicted molar refractivity (Wildman–Crippen MR) is 89.2 cm³/mol. The lowest BCUT2D eigenvalue weighted by atomic mass is 10.1. The zero-order chi connectivity index (χ0) is 15.4. The van der Waals surface area contributed by atoms with Gasteiger partial charge in [-0.3, -0.25) is 4.57 Å². The van der Waals surface area contributed by atoms with Gasteiger partial charge in [-0.25, -0.2) is 0 Å².